The minimum absolute atomic E-state index is 0.490. The first-order chi connectivity index (χ1) is 6.76. The Balaban J connectivity index is 2.73. The molecule has 0 amide bonds. The third kappa shape index (κ3) is 3.84. The molecule has 0 bridgehead atoms. The molecule has 1 aromatic rings. The van der Waals surface area contributed by atoms with Crippen molar-refractivity contribution in [3.63, 3.8) is 0 Å². The third-order valence-corrected chi connectivity index (χ3v) is 2.53. The molecule has 0 saturated heterocycles. The van der Waals surface area contributed by atoms with Gasteiger partial charge >= 0.3 is 0 Å². The predicted molar refractivity (Wildman–Crippen MR) is 60.2 cm³/mol. The topological polar surface area (TPSA) is 9.23 Å². The number of halogens is 3. The van der Waals surface area contributed by atoms with Gasteiger partial charge in [0.1, 0.15) is 5.75 Å². The molecule has 1 rings (SSSR count). The molecule has 0 N–H and O–H groups in total. The van der Waals surface area contributed by atoms with E-state index in [1.807, 2.05) is 12.1 Å². The fourth-order valence-corrected chi connectivity index (χ4v) is 1.71. The van der Waals surface area contributed by atoms with Gasteiger partial charge in [-0.3, -0.25) is 0 Å². The van der Waals surface area contributed by atoms with Crippen molar-refractivity contribution in [3.05, 3.63) is 28.8 Å². The lowest BCUT2D eigenvalue weighted by Crippen LogP contribution is -1.92. The summed E-state index contributed by atoms with van der Waals surface area (Å²) in [5.74, 6) is 0.490. The van der Waals surface area contributed by atoms with Crippen molar-refractivity contribution in [2.75, 3.05) is 12.2 Å². The molecule has 0 fully saturated rings. The molecule has 0 aliphatic rings. The van der Waals surface area contributed by atoms with Crippen LogP contribution >= 0.6 is 27.5 Å². The molecule has 14 heavy (non-hydrogen) atoms. The van der Waals surface area contributed by atoms with E-state index in [1.165, 1.54) is 0 Å². The SMILES string of the molecule is FCOc1cc(Cl)cc(CCCBr)c1. The van der Waals surface area contributed by atoms with Gasteiger partial charge in [-0.05, 0) is 36.6 Å². The molecule has 4 heteroatoms. The van der Waals surface area contributed by atoms with Crippen LogP contribution < -0.4 is 4.74 Å². The lowest BCUT2D eigenvalue weighted by Gasteiger charge is -2.05. The molecule has 0 heterocycles. The van der Waals surface area contributed by atoms with Crippen LogP contribution in [0.4, 0.5) is 4.39 Å². The predicted octanol–water partition coefficient (Wildman–Crippen LogP) is 3.97. The van der Waals surface area contributed by atoms with Gasteiger partial charge in [0.05, 0.1) is 0 Å². The van der Waals surface area contributed by atoms with Crippen LogP contribution in [-0.4, -0.2) is 12.2 Å². The number of aryl methyl sites for hydroxylation is 1. The molecule has 0 aliphatic carbocycles. The van der Waals surface area contributed by atoms with Gasteiger partial charge in [-0.2, -0.15) is 0 Å². The quantitative estimate of drug-likeness (QED) is 0.742. The average molecular weight is 282 g/mol. The zero-order valence-corrected chi connectivity index (χ0v) is 9.94. The largest absolute Gasteiger partial charge is 0.463 e. The summed E-state index contributed by atoms with van der Waals surface area (Å²) < 4.78 is 16.7. The number of hydrogen-bond donors (Lipinski definition) is 0. The van der Waals surface area contributed by atoms with E-state index in [0.29, 0.717) is 10.8 Å². The summed E-state index contributed by atoms with van der Waals surface area (Å²) in [6.07, 6.45) is 1.93. The molecule has 78 valence electrons. The molecule has 0 radical (unpaired) electrons. The van der Waals surface area contributed by atoms with Crippen molar-refractivity contribution >= 4 is 27.5 Å². The van der Waals surface area contributed by atoms with E-state index in [4.69, 9.17) is 16.3 Å². The van der Waals surface area contributed by atoms with Gasteiger partial charge in [-0.1, -0.05) is 27.5 Å². The summed E-state index contributed by atoms with van der Waals surface area (Å²) >= 11 is 9.20. The maximum absolute atomic E-state index is 11.9. The number of hydrogen-bond acceptors (Lipinski definition) is 1. The van der Waals surface area contributed by atoms with Crippen LogP contribution in [0.5, 0.6) is 5.75 Å². The van der Waals surface area contributed by atoms with E-state index in [1.54, 1.807) is 6.07 Å². The molecule has 0 saturated carbocycles. The maximum atomic E-state index is 11.9. The highest BCUT2D eigenvalue weighted by molar-refractivity contribution is 9.09. The Labute approximate surface area is 96.3 Å². The van der Waals surface area contributed by atoms with Crippen molar-refractivity contribution in [1.29, 1.82) is 0 Å². The molecule has 0 spiro atoms. The summed E-state index contributed by atoms with van der Waals surface area (Å²) in [6.45, 7) is -0.821. The Bertz CT molecular complexity index is 293. The first kappa shape index (κ1) is 11.8. The Morgan fingerprint density at radius 1 is 1.36 bits per heavy atom. The van der Waals surface area contributed by atoms with Gasteiger partial charge < -0.3 is 4.74 Å². The van der Waals surface area contributed by atoms with Crippen molar-refractivity contribution in [2.24, 2.45) is 0 Å². The van der Waals surface area contributed by atoms with Gasteiger partial charge in [0, 0.05) is 10.4 Å². The van der Waals surface area contributed by atoms with Crippen molar-refractivity contribution in [1.82, 2.24) is 0 Å². The second kappa shape index (κ2) is 6.25. The molecule has 0 aliphatic heterocycles. The van der Waals surface area contributed by atoms with Crippen LogP contribution in [0.3, 0.4) is 0 Å². The van der Waals surface area contributed by atoms with E-state index >= 15 is 0 Å². The van der Waals surface area contributed by atoms with Crippen LogP contribution in [0.1, 0.15) is 12.0 Å². The van der Waals surface area contributed by atoms with Gasteiger partial charge in [0.25, 0.3) is 0 Å². The number of alkyl halides is 2. The molecule has 0 aromatic heterocycles. The van der Waals surface area contributed by atoms with Crippen molar-refractivity contribution < 1.29 is 9.13 Å². The monoisotopic (exact) mass is 280 g/mol. The van der Waals surface area contributed by atoms with Gasteiger partial charge in [-0.15, -0.1) is 0 Å². The highest BCUT2D eigenvalue weighted by Crippen LogP contribution is 2.22. The fourth-order valence-electron chi connectivity index (χ4n) is 1.18. The number of ether oxygens (including phenoxy) is 1. The Hall–Kier alpha value is -0.280. The Morgan fingerprint density at radius 2 is 2.14 bits per heavy atom. The van der Waals surface area contributed by atoms with Crippen molar-refractivity contribution in [2.45, 2.75) is 12.8 Å². The number of rotatable bonds is 5. The number of benzene rings is 1. The van der Waals surface area contributed by atoms with Crippen LogP contribution in [0.15, 0.2) is 18.2 Å². The lowest BCUT2D eigenvalue weighted by molar-refractivity contribution is 0.191. The normalized spacial score (nSPS) is 10.2. The zero-order chi connectivity index (χ0) is 10.4. The summed E-state index contributed by atoms with van der Waals surface area (Å²) in [4.78, 5) is 0. The van der Waals surface area contributed by atoms with Gasteiger partial charge in [0.15, 0.2) is 0 Å². The van der Waals surface area contributed by atoms with Crippen molar-refractivity contribution in [3.8, 4) is 5.75 Å². The minimum atomic E-state index is -0.821. The molecular weight excluding hydrogens is 270 g/mol. The average Bonchev–Trinajstić information content (AvgIpc) is 2.14. The zero-order valence-electron chi connectivity index (χ0n) is 7.60. The second-order valence-electron chi connectivity index (χ2n) is 2.84. The van der Waals surface area contributed by atoms with E-state index in [2.05, 4.69) is 15.9 Å². The molecule has 0 unspecified atom stereocenters. The third-order valence-electron chi connectivity index (χ3n) is 1.75. The summed E-state index contributed by atoms with van der Waals surface area (Å²) in [7, 11) is 0. The van der Waals surface area contributed by atoms with Crippen LogP contribution in [-0.2, 0) is 6.42 Å². The first-order valence-corrected chi connectivity index (χ1v) is 5.80. The Kier molecular flexibility index (Phi) is 5.26. The Morgan fingerprint density at radius 3 is 2.79 bits per heavy atom. The molecule has 1 aromatic carbocycles. The molecule has 1 nitrogen and oxygen atoms in total. The van der Waals surface area contributed by atoms with E-state index < -0.39 is 6.86 Å². The highest BCUT2D eigenvalue weighted by atomic mass is 79.9. The fraction of sp³-hybridized carbons (Fsp3) is 0.400. The second-order valence-corrected chi connectivity index (χ2v) is 4.07. The smallest absolute Gasteiger partial charge is 0.228 e. The van der Waals surface area contributed by atoms with Gasteiger partial charge in [0.2, 0.25) is 6.86 Å². The van der Waals surface area contributed by atoms with E-state index in [9.17, 15) is 4.39 Å². The summed E-state index contributed by atoms with van der Waals surface area (Å²) in [5, 5.41) is 1.53. The molecular formula is C10H11BrClFO. The van der Waals surface area contributed by atoms with Gasteiger partial charge in [-0.25, -0.2) is 4.39 Å². The standard InChI is InChI=1S/C10H11BrClFO/c11-3-1-2-8-4-9(12)6-10(5-8)14-7-13/h4-6H,1-3,7H2. The van der Waals surface area contributed by atoms with Crippen LogP contribution in [0.2, 0.25) is 5.02 Å². The van der Waals surface area contributed by atoms with E-state index in [-0.39, 0.29) is 0 Å². The first-order valence-electron chi connectivity index (χ1n) is 4.30. The maximum Gasteiger partial charge on any atom is 0.228 e. The summed E-state index contributed by atoms with van der Waals surface area (Å²) in [5.41, 5.74) is 1.07. The summed E-state index contributed by atoms with van der Waals surface area (Å²) in [6, 6.07) is 5.29. The minimum Gasteiger partial charge on any atom is -0.463 e. The van der Waals surface area contributed by atoms with Crippen LogP contribution in [0.25, 0.3) is 0 Å². The highest BCUT2D eigenvalue weighted by Gasteiger charge is 2.00. The molecule has 0 atom stereocenters. The van der Waals surface area contributed by atoms with Crippen LogP contribution in [0, 0.1) is 0 Å². The van der Waals surface area contributed by atoms with E-state index in [0.717, 1.165) is 23.7 Å². The lowest BCUT2D eigenvalue weighted by atomic mass is 10.1.